The molecular weight excluding hydrogens is 212 g/mol. The average molecular weight is 227 g/mol. The predicted molar refractivity (Wildman–Crippen MR) is 65.8 cm³/mol. The zero-order valence-electron chi connectivity index (χ0n) is 9.82. The van der Waals surface area contributed by atoms with Crippen LogP contribution < -0.4 is 0 Å². The van der Waals surface area contributed by atoms with Gasteiger partial charge in [-0.15, -0.1) is 0 Å². The lowest BCUT2D eigenvalue weighted by Crippen LogP contribution is -2.02. The SMILES string of the molecule is Cn1cncc1C(CCc1ccccc1)[N+]#N. The van der Waals surface area contributed by atoms with Gasteiger partial charge in [0.25, 0.3) is 0 Å². The van der Waals surface area contributed by atoms with Gasteiger partial charge in [0.15, 0.2) is 0 Å². The van der Waals surface area contributed by atoms with Crippen LogP contribution in [0.15, 0.2) is 42.9 Å². The van der Waals surface area contributed by atoms with Crippen LogP contribution in [0.25, 0.3) is 4.98 Å². The van der Waals surface area contributed by atoms with Crippen molar-refractivity contribution < 1.29 is 0 Å². The van der Waals surface area contributed by atoms with Gasteiger partial charge < -0.3 is 4.57 Å². The highest BCUT2D eigenvalue weighted by Gasteiger charge is 2.25. The third-order valence-electron chi connectivity index (χ3n) is 2.88. The molecule has 0 bridgehead atoms. The minimum absolute atomic E-state index is 0.206. The fourth-order valence-corrected chi connectivity index (χ4v) is 1.90. The van der Waals surface area contributed by atoms with Gasteiger partial charge in [-0.05, 0) is 12.0 Å². The van der Waals surface area contributed by atoms with Crippen molar-refractivity contribution in [3.63, 3.8) is 0 Å². The van der Waals surface area contributed by atoms with Gasteiger partial charge in [0.2, 0.25) is 5.39 Å². The summed E-state index contributed by atoms with van der Waals surface area (Å²) < 4.78 is 1.88. The lowest BCUT2D eigenvalue weighted by atomic mass is 10.0. The third kappa shape index (κ3) is 2.70. The van der Waals surface area contributed by atoms with E-state index in [9.17, 15) is 0 Å². The molecule has 2 aromatic rings. The summed E-state index contributed by atoms with van der Waals surface area (Å²) in [6.45, 7) is 0. The first-order valence-corrected chi connectivity index (χ1v) is 5.65. The van der Waals surface area contributed by atoms with E-state index in [1.165, 1.54) is 5.56 Å². The molecule has 1 atom stereocenters. The first-order chi connectivity index (χ1) is 8.31. The maximum absolute atomic E-state index is 9.08. The van der Waals surface area contributed by atoms with Gasteiger partial charge in [-0.3, -0.25) is 0 Å². The normalized spacial score (nSPS) is 12.0. The highest BCUT2D eigenvalue weighted by Crippen LogP contribution is 2.22. The zero-order chi connectivity index (χ0) is 12.1. The summed E-state index contributed by atoms with van der Waals surface area (Å²) in [5.74, 6) is 0. The van der Waals surface area contributed by atoms with E-state index in [0.717, 1.165) is 18.5 Å². The molecule has 0 fully saturated rings. The second kappa shape index (κ2) is 5.26. The van der Waals surface area contributed by atoms with Crippen LogP contribution in [0, 0.1) is 5.39 Å². The maximum Gasteiger partial charge on any atom is 0.355 e. The van der Waals surface area contributed by atoms with E-state index in [1.54, 1.807) is 12.5 Å². The molecule has 0 spiro atoms. The predicted octanol–water partition coefficient (Wildman–Crippen LogP) is 2.95. The monoisotopic (exact) mass is 227 g/mol. The first kappa shape index (κ1) is 11.3. The highest BCUT2D eigenvalue weighted by atomic mass is 15.1. The molecule has 4 heteroatoms. The van der Waals surface area contributed by atoms with Crippen LogP contribution in [0.5, 0.6) is 0 Å². The number of benzene rings is 1. The minimum atomic E-state index is -0.206. The molecule has 86 valence electrons. The van der Waals surface area contributed by atoms with Crippen molar-refractivity contribution in [2.75, 3.05) is 0 Å². The molecule has 1 aromatic carbocycles. The van der Waals surface area contributed by atoms with Gasteiger partial charge in [0.05, 0.1) is 12.5 Å². The highest BCUT2D eigenvalue weighted by molar-refractivity contribution is 5.16. The molecule has 0 aliphatic heterocycles. The summed E-state index contributed by atoms with van der Waals surface area (Å²) >= 11 is 0. The minimum Gasteiger partial charge on any atom is -0.331 e. The van der Waals surface area contributed by atoms with E-state index in [2.05, 4.69) is 22.1 Å². The molecule has 4 nitrogen and oxygen atoms in total. The number of rotatable bonds is 4. The lowest BCUT2D eigenvalue weighted by molar-refractivity contribution is 0.666. The summed E-state index contributed by atoms with van der Waals surface area (Å²) in [7, 11) is 1.91. The number of aromatic nitrogens is 2. The van der Waals surface area contributed by atoms with E-state index < -0.39 is 0 Å². The Hall–Kier alpha value is -2.15. The van der Waals surface area contributed by atoms with Crippen molar-refractivity contribution >= 4 is 0 Å². The van der Waals surface area contributed by atoms with Crippen molar-refractivity contribution in [1.29, 1.82) is 5.39 Å². The van der Waals surface area contributed by atoms with Gasteiger partial charge in [0.1, 0.15) is 10.7 Å². The molecule has 0 aliphatic carbocycles. The van der Waals surface area contributed by atoms with Gasteiger partial charge in [0, 0.05) is 13.5 Å². The lowest BCUT2D eigenvalue weighted by Gasteiger charge is -2.01. The quantitative estimate of drug-likeness (QED) is 0.754. The molecule has 0 amide bonds. The molecule has 1 aromatic heterocycles. The van der Waals surface area contributed by atoms with Gasteiger partial charge in [-0.1, -0.05) is 30.3 Å². The largest absolute Gasteiger partial charge is 0.355 e. The number of aryl methyl sites for hydroxylation is 2. The smallest absolute Gasteiger partial charge is 0.331 e. The molecule has 1 heterocycles. The Morgan fingerprint density at radius 1 is 1.35 bits per heavy atom. The number of imidazole rings is 1. The average Bonchev–Trinajstić information content (AvgIpc) is 2.78. The zero-order valence-corrected chi connectivity index (χ0v) is 9.82. The Kier molecular flexibility index (Phi) is 3.51. The molecule has 2 rings (SSSR count). The second-order valence-electron chi connectivity index (χ2n) is 4.08. The van der Waals surface area contributed by atoms with E-state index >= 15 is 0 Å². The van der Waals surface area contributed by atoms with Crippen LogP contribution in [0.3, 0.4) is 0 Å². The van der Waals surface area contributed by atoms with Crippen LogP contribution in [0.4, 0.5) is 0 Å². The van der Waals surface area contributed by atoms with E-state index in [-0.39, 0.29) is 6.04 Å². The molecule has 1 unspecified atom stereocenters. The van der Waals surface area contributed by atoms with Crippen molar-refractivity contribution in [3.8, 4) is 0 Å². The van der Waals surface area contributed by atoms with Crippen molar-refractivity contribution in [2.24, 2.45) is 7.05 Å². The summed E-state index contributed by atoms with van der Waals surface area (Å²) in [6.07, 6.45) is 5.13. The van der Waals surface area contributed by atoms with Crippen LogP contribution in [0.1, 0.15) is 23.7 Å². The van der Waals surface area contributed by atoms with E-state index in [1.807, 2.05) is 29.8 Å². The molecule has 0 aliphatic rings. The Bertz CT molecular complexity index is 510. The molecule has 0 N–H and O–H groups in total. The van der Waals surface area contributed by atoms with Crippen LogP contribution >= 0.6 is 0 Å². The summed E-state index contributed by atoms with van der Waals surface area (Å²) in [5.41, 5.74) is 2.19. The van der Waals surface area contributed by atoms with E-state index in [0.29, 0.717) is 0 Å². The third-order valence-corrected chi connectivity index (χ3v) is 2.88. The maximum atomic E-state index is 9.08. The summed E-state index contributed by atoms with van der Waals surface area (Å²) in [5, 5.41) is 9.08. The number of nitrogens with zero attached hydrogens (tertiary/aromatic N) is 4. The molecular formula is C13H15N4+. The second-order valence-corrected chi connectivity index (χ2v) is 4.08. The Labute approximate surface area is 101 Å². The van der Waals surface area contributed by atoms with Gasteiger partial charge >= 0.3 is 6.04 Å². The van der Waals surface area contributed by atoms with Crippen LogP contribution in [0.2, 0.25) is 0 Å². The number of hydrogen-bond acceptors (Lipinski definition) is 2. The van der Waals surface area contributed by atoms with Crippen molar-refractivity contribution in [2.45, 2.75) is 18.9 Å². The van der Waals surface area contributed by atoms with Crippen LogP contribution in [-0.2, 0) is 13.5 Å². The standard InChI is InChI=1S/C13H15N4/c1-17-10-15-9-13(17)12(16-14)8-7-11-5-3-2-4-6-11/h2-6,9-10,12H,7-8H2,1H3/q+1. The Morgan fingerprint density at radius 2 is 2.12 bits per heavy atom. The molecule has 0 saturated heterocycles. The van der Waals surface area contributed by atoms with Gasteiger partial charge in [-0.2, -0.15) is 0 Å². The van der Waals surface area contributed by atoms with Gasteiger partial charge in [-0.25, -0.2) is 4.98 Å². The molecule has 0 saturated carbocycles. The fourth-order valence-electron chi connectivity index (χ4n) is 1.90. The molecule has 17 heavy (non-hydrogen) atoms. The topological polar surface area (TPSA) is 46.0 Å². The van der Waals surface area contributed by atoms with Crippen LogP contribution in [-0.4, -0.2) is 9.55 Å². The van der Waals surface area contributed by atoms with Crippen molar-refractivity contribution in [3.05, 3.63) is 59.1 Å². The summed E-state index contributed by atoms with van der Waals surface area (Å²) in [4.78, 5) is 7.48. The molecule has 0 radical (unpaired) electrons. The Morgan fingerprint density at radius 3 is 2.71 bits per heavy atom. The Balaban J connectivity index is 2.03. The number of hydrogen-bond donors (Lipinski definition) is 0. The number of diazo groups is 1. The first-order valence-electron chi connectivity index (χ1n) is 5.65. The van der Waals surface area contributed by atoms with Crippen molar-refractivity contribution in [1.82, 2.24) is 9.55 Å². The fraction of sp³-hybridized carbons (Fsp3) is 0.308. The van der Waals surface area contributed by atoms with E-state index in [4.69, 9.17) is 5.39 Å². The summed E-state index contributed by atoms with van der Waals surface area (Å²) in [6, 6.07) is 9.99.